The van der Waals surface area contributed by atoms with Gasteiger partial charge in [0.15, 0.2) is 5.96 Å². The lowest BCUT2D eigenvalue weighted by molar-refractivity contribution is 0.410. The van der Waals surface area contributed by atoms with Crippen LogP contribution in [-0.4, -0.2) is 13.1 Å². The highest BCUT2D eigenvalue weighted by molar-refractivity contribution is 5.92. The second-order valence-corrected chi connectivity index (χ2v) is 4.50. The Labute approximate surface area is 119 Å². The van der Waals surface area contributed by atoms with E-state index in [-0.39, 0.29) is 0 Å². The van der Waals surface area contributed by atoms with Gasteiger partial charge in [-0.2, -0.15) is 0 Å². The molecule has 0 spiro atoms. The molecular formula is C16H19N3O. The molecule has 0 bridgehead atoms. The molecule has 0 radical (unpaired) electrons. The van der Waals surface area contributed by atoms with Crippen LogP contribution in [0.1, 0.15) is 11.1 Å². The molecule has 0 saturated carbocycles. The van der Waals surface area contributed by atoms with E-state index in [1.807, 2.05) is 55.5 Å². The maximum atomic E-state index is 5.88. The lowest BCUT2D eigenvalue weighted by atomic mass is 10.2. The first kappa shape index (κ1) is 13.9. The van der Waals surface area contributed by atoms with Crippen molar-refractivity contribution in [3.63, 3.8) is 0 Å². The fourth-order valence-electron chi connectivity index (χ4n) is 1.83. The summed E-state index contributed by atoms with van der Waals surface area (Å²) in [4.78, 5) is 4.32. The van der Waals surface area contributed by atoms with E-state index in [2.05, 4.69) is 10.3 Å². The average Bonchev–Trinajstić information content (AvgIpc) is 2.48. The van der Waals surface area contributed by atoms with Gasteiger partial charge in [-0.1, -0.05) is 35.9 Å². The molecule has 0 aliphatic heterocycles. The topological polar surface area (TPSA) is 59.6 Å². The molecule has 0 unspecified atom stereocenters. The van der Waals surface area contributed by atoms with E-state index >= 15 is 0 Å². The van der Waals surface area contributed by atoms with Crippen LogP contribution in [0.3, 0.4) is 0 Å². The minimum atomic E-state index is 0.389. The van der Waals surface area contributed by atoms with Gasteiger partial charge in [0.2, 0.25) is 0 Å². The van der Waals surface area contributed by atoms with Crippen LogP contribution in [0.25, 0.3) is 0 Å². The number of guanidine groups is 1. The fraction of sp³-hybridized carbons (Fsp3) is 0.188. The zero-order valence-electron chi connectivity index (χ0n) is 11.8. The lowest BCUT2D eigenvalue weighted by Crippen LogP contribution is -2.22. The third-order valence-corrected chi connectivity index (χ3v) is 2.94. The van der Waals surface area contributed by atoms with Crippen molar-refractivity contribution in [2.24, 2.45) is 10.7 Å². The summed E-state index contributed by atoms with van der Waals surface area (Å²) in [6.45, 7) is 2.53. The molecule has 2 aromatic carbocycles. The molecule has 0 atom stereocenters. The van der Waals surface area contributed by atoms with E-state index in [1.165, 1.54) is 5.56 Å². The number of hydrogen-bond acceptors (Lipinski definition) is 2. The molecule has 2 aromatic rings. The molecule has 0 amide bonds. The lowest BCUT2D eigenvalue weighted by Gasteiger charge is -2.08. The Kier molecular flexibility index (Phi) is 4.60. The average molecular weight is 269 g/mol. The van der Waals surface area contributed by atoms with Crippen molar-refractivity contribution in [3.8, 4) is 5.75 Å². The normalized spacial score (nSPS) is 11.2. The van der Waals surface area contributed by atoms with Crippen molar-refractivity contribution in [2.75, 3.05) is 12.4 Å². The van der Waals surface area contributed by atoms with E-state index in [0.717, 1.165) is 17.0 Å². The zero-order valence-corrected chi connectivity index (χ0v) is 11.8. The number of aryl methyl sites for hydroxylation is 1. The summed E-state index contributed by atoms with van der Waals surface area (Å²) in [6, 6.07) is 15.8. The Morgan fingerprint density at radius 2 is 1.85 bits per heavy atom. The number of hydrogen-bond donors (Lipinski definition) is 2. The summed E-state index contributed by atoms with van der Waals surface area (Å²) >= 11 is 0. The van der Waals surface area contributed by atoms with Crippen LogP contribution >= 0.6 is 0 Å². The second kappa shape index (κ2) is 6.61. The predicted octanol–water partition coefficient (Wildman–Crippen LogP) is 2.93. The number of benzene rings is 2. The zero-order chi connectivity index (χ0) is 14.4. The Morgan fingerprint density at radius 3 is 2.55 bits per heavy atom. The molecule has 0 aliphatic carbocycles. The molecule has 0 saturated heterocycles. The van der Waals surface area contributed by atoms with Crippen LogP contribution in [0, 0.1) is 6.92 Å². The molecule has 2 rings (SSSR count). The number of nitrogens with zero attached hydrogens (tertiary/aromatic N) is 1. The van der Waals surface area contributed by atoms with Crippen molar-refractivity contribution < 1.29 is 4.74 Å². The van der Waals surface area contributed by atoms with Gasteiger partial charge in [-0.3, -0.25) is 0 Å². The number of para-hydroxylation sites is 1. The van der Waals surface area contributed by atoms with E-state index < -0.39 is 0 Å². The number of anilines is 1. The van der Waals surface area contributed by atoms with Gasteiger partial charge in [-0.15, -0.1) is 0 Å². The number of aliphatic imine (C=N–C) groups is 1. The van der Waals surface area contributed by atoms with E-state index in [4.69, 9.17) is 10.5 Å². The van der Waals surface area contributed by atoms with Gasteiger partial charge in [0.25, 0.3) is 0 Å². The maximum Gasteiger partial charge on any atom is 0.193 e. The minimum absolute atomic E-state index is 0.389. The first-order valence-corrected chi connectivity index (χ1v) is 6.44. The van der Waals surface area contributed by atoms with Crippen molar-refractivity contribution in [2.45, 2.75) is 13.5 Å². The SMILES string of the molecule is COc1ccccc1CN=C(N)Nc1ccc(C)cc1. The molecule has 104 valence electrons. The largest absolute Gasteiger partial charge is 0.496 e. The van der Waals surface area contributed by atoms with Gasteiger partial charge in [0, 0.05) is 11.3 Å². The smallest absolute Gasteiger partial charge is 0.193 e. The number of nitrogens with two attached hydrogens (primary N) is 1. The Hall–Kier alpha value is -2.49. The van der Waals surface area contributed by atoms with E-state index in [1.54, 1.807) is 7.11 Å². The van der Waals surface area contributed by atoms with Crippen LogP contribution in [0.5, 0.6) is 5.75 Å². The van der Waals surface area contributed by atoms with Crippen LogP contribution in [0.15, 0.2) is 53.5 Å². The number of rotatable bonds is 4. The first-order valence-electron chi connectivity index (χ1n) is 6.44. The van der Waals surface area contributed by atoms with E-state index in [9.17, 15) is 0 Å². The van der Waals surface area contributed by atoms with Crippen LogP contribution < -0.4 is 15.8 Å². The summed E-state index contributed by atoms with van der Waals surface area (Å²) in [5.74, 6) is 1.21. The van der Waals surface area contributed by atoms with Crippen molar-refractivity contribution in [3.05, 3.63) is 59.7 Å². The molecule has 20 heavy (non-hydrogen) atoms. The van der Waals surface area contributed by atoms with Gasteiger partial charge in [0.1, 0.15) is 5.75 Å². The highest BCUT2D eigenvalue weighted by Gasteiger charge is 2.01. The number of nitrogens with one attached hydrogen (secondary N) is 1. The molecule has 4 nitrogen and oxygen atoms in total. The summed E-state index contributed by atoms with van der Waals surface area (Å²) < 4.78 is 5.28. The monoisotopic (exact) mass is 269 g/mol. The van der Waals surface area contributed by atoms with Crippen LogP contribution in [0.2, 0.25) is 0 Å². The molecule has 0 fully saturated rings. The van der Waals surface area contributed by atoms with Gasteiger partial charge in [-0.25, -0.2) is 4.99 Å². The van der Waals surface area contributed by atoms with Crippen molar-refractivity contribution in [1.29, 1.82) is 0 Å². The predicted molar refractivity (Wildman–Crippen MR) is 83.1 cm³/mol. The Balaban J connectivity index is 2.02. The maximum absolute atomic E-state index is 5.88. The molecule has 0 aromatic heterocycles. The third-order valence-electron chi connectivity index (χ3n) is 2.94. The van der Waals surface area contributed by atoms with Crippen LogP contribution in [-0.2, 0) is 6.54 Å². The molecular weight excluding hydrogens is 250 g/mol. The standard InChI is InChI=1S/C16H19N3O/c1-12-7-9-14(10-8-12)19-16(17)18-11-13-5-3-4-6-15(13)20-2/h3-10H,11H2,1-2H3,(H3,17,18,19). The minimum Gasteiger partial charge on any atom is -0.496 e. The highest BCUT2D eigenvalue weighted by Crippen LogP contribution is 2.18. The summed E-state index contributed by atoms with van der Waals surface area (Å²) in [5.41, 5.74) is 9.02. The third kappa shape index (κ3) is 3.75. The Morgan fingerprint density at radius 1 is 1.15 bits per heavy atom. The van der Waals surface area contributed by atoms with Gasteiger partial charge < -0.3 is 15.8 Å². The van der Waals surface area contributed by atoms with Crippen molar-refractivity contribution >= 4 is 11.6 Å². The highest BCUT2D eigenvalue weighted by atomic mass is 16.5. The van der Waals surface area contributed by atoms with E-state index in [0.29, 0.717) is 12.5 Å². The fourth-order valence-corrected chi connectivity index (χ4v) is 1.83. The summed E-state index contributed by atoms with van der Waals surface area (Å²) in [6.07, 6.45) is 0. The first-order chi connectivity index (χ1) is 9.69. The van der Waals surface area contributed by atoms with Crippen molar-refractivity contribution in [1.82, 2.24) is 0 Å². The summed E-state index contributed by atoms with van der Waals surface area (Å²) in [7, 11) is 1.65. The summed E-state index contributed by atoms with van der Waals surface area (Å²) in [5, 5.41) is 3.06. The number of methoxy groups -OCH3 is 1. The molecule has 0 heterocycles. The second-order valence-electron chi connectivity index (χ2n) is 4.50. The Bertz CT molecular complexity index is 591. The number of ether oxygens (including phenoxy) is 1. The van der Waals surface area contributed by atoms with Gasteiger partial charge in [0.05, 0.1) is 13.7 Å². The molecule has 4 heteroatoms. The van der Waals surface area contributed by atoms with Crippen LogP contribution in [0.4, 0.5) is 5.69 Å². The molecule has 3 N–H and O–H groups in total. The molecule has 0 aliphatic rings. The van der Waals surface area contributed by atoms with Gasteiger partial charge in [-0.05, 0) is 25.1 Å². The van der Waals surface area contributed by atoms with Gasteiger partial charge >= 0.3 is 0 Å². The quantitative estimate of drug-likeness (QED) is 0.662.